The Labute approximate surface area is 162 Å². The summed E-state index contributed by atoms with van der Waals surface area (Å²) in [5.41, 5.74) is 1.74. The first-order chi connectivity index (χ1) is 12.4. The fourth-order valence-corrected chi connectivity index (χ4v) is 3.93. The summed E-state index contributed by atoms with van der Waals surface area (Å²) in [4.78, 5) is 26.4. The molecule has 2 aromatic heterocycles. The van der Waals surface area contributed by atoms with Crippen LogP contribution in [0.3, 0.4) is 0 Å². The Morgan fingerprint density at radius 2 is 1.92 bits per heavy atom. The van der Waals surface area contributed by atoms with Crippen molar-refractivity contribution < 1.29 is 14.4 Å². The van der Waals surface area contributed by atoms with Gasteiger partial charge in [0.25, 0.3) is 5.91 Å². The SMILES string of the molecule is CO[C@@H](/C=C/c1csc(-c2csc(C(C)C)n2)n1)[C@@H](C)C(=O)N(C)OC. The number of rotatable bonds is 8. The number of methoxy groups -OCH3 is 1. The zero-order chi connectivity index (χ0) is 19.3. The molecule has 0 saturated heterocycles. The van der Waals surface area contributed by atoms with Gasteiger partial charge in [-0.25, -0.2) is 15.0 Å². The summed E-state index contributed by atoms with van der Waals surface area (Å²) in [7, 11) is 4.63. The van der Waals surface area contributed by atoms with Crippen molar-refractivity contribution in [3.05, 3.63) is 27.5 Å². The fraction of sp³-hybridized carbons (Fsp3) is 0.500. The molecule has 0 fully saturated rings. The number of carbonyl (C=O) groups is 1. The van der Waals surface area contributed by atoms with E-state index in [9.17, 15) is 4.79 Å². The molecule has 0 saturated carbocycles. The van der Waals surface area contributed by atoms with Gasteiger partial charge in [0.15, 0.2) is 0 Å². The number of nitrogens with zero attached hydrogens (tertiary/aromatic N) is 3. The van der Waals surface area contributed by atoms with Crippen molar-refractivity contribution in [3.8, 4) is 10.7 Å². The van der Waals surface area contributed by atoms with Gasteiger partial charge < -0.3 is 4.74 Å². The largest absolute Gasteiger partial charge is 0.377 e. The normalized spacial score (nSPS) is 14.1. The van der Waals surface area contributed by atoms with E-state index in [-0.39, 0.29) is 17.9 Å². The van der Waals surface area contributed by atoms with Gasteiger partial charge >= 0.3 is 0 Å². The fourth-order valence-electron chi connectivity index (χ4n) is 2.29. The maximum absolute atomic E-state index is 12.2. The minimum absolute atomic E-state index is 0.147. The number of hydroxylamine groups is 2. The van der Waals surface area contributed by atoms with Gasteiger partial charge in [0.2, 0.25) is 0 Å². The van der Waals surface area contributed by atoms with E-state index >= 15 is 0 Å². The highest BCUT2D eigenvalue weighted by Gasteiger charge is 2.25. The molecule has 142 valence electrons. The van der Waals surface area contributed by atoms with Crippen molar-refractivity contribution in [1.82, 2.24) is 15.0 Å². The maximum Gasteiger partial charge on any atom is 0.251 e. The Morgan fingerprint density at radius 3 is 2.50 bits per heavy atom. The molecule has 0 radical (unpaired) electrons. The Kier molecular flexibility index (Phi) is 7.45. The average molecular weight is 396 g/mol. The van der Waals surface area contributed by atoms with Crippen LogP contribution in [0.1, 0.15) is 37.4 Å². The third kappa shape index (κ3) is 4.97. The van der Waals surface area contributed by atoms with Gasteiger partial charge in [0, 0.05) is 30.8 Å². The number of amides is 1. The van der Waals surface area contributed by atoms with Gasteiger partial charge in [-0.15, -0.1) is 22.7 Å². The summed E-state index contributed by atoms with van der Waals surface area (Å²) < 4.78 is 5.45. The quantitative estimate of drug-likeness (QED) is 0.630. The van der Waals surface area contributed by atoms with Crippen molar-refractivity contribution in [2.45, 2.75) is 32.8 Å². The van der Waals surface area contributed by atoms with Gasteiger partial charge in [0.05, 0.1) is 29.8 Å². The van der Waals surface area contributed by atoms with E-state index in [1.165, 1.54) is 12.2 Å². The summed E-state index contributed by atoms with van der Waals surface area (Å²) in [6.07, 6.45) is 3.36. The third-order valence-corrected chi connectivity index (χ3v) is 5.98. The number of aromatic nitrogens is 2. The lowest BCUT2D eigenvalue weighted by molar-refractivity contribution is -0.175. The maximum atomic E-state index is 12.2. The monoisotopic (exact) mass is 395 g/mol. The Balaban J connectivity index is 2.09. The molecule has 0 spiro atoms. The predicted octanol–water partition coefficient (Wildman–Crippen LogP) is 4.07. The molecule has 1 amide bonds. The zero-order valence-corrected chi connectivity index (χ0v) is 17.6. The van der Waals surface area contributed by atoms with E-state index in [2.05, 4.69) is 23.8 Å². The summed E-state index contributed by atoms with van der Waals surface area (Å²) in [5.74, 6) is -0.0992. The minimum atomic E-state index is -0.369. The van der Waals surface area contributed by atoms with E-state index in [0.29, 0.717) is 5.92 Å². The Bertz CT molecular complexity index is 754. The van der Waals surface area contributed by atoms with E-state index in [1.807, 2.05) is 29.8 Å². The van der Waals surface area contributed by atoms with Gasteiger partial charge in [0.1, 0.15) is 10.7 Å². The molecule has 0 aliphatic rings. The molecular formula is C18H25N3O3S2. The molecule has 26 heavy (non-hydrogen) atoms. The smallest absolute Gasteiger partial charge is 0.251 e. The highest BCUT2D eigenvalue weighted by Crippen LogP contribution is 2.28. The van der Waals surface area contributed by atoms with Crippen molar-refractivity contribution in [2.24, 2.45) is 5.92 Å². The van der Waals surface area contributed by atoms with Crippen molar-refractivity contribution in [1.29, 1.82) is 0 Å². The van der Waals surface area contributed by atoms with Crippen molar-refractivity contribution in [3.63, 3.8) is 0 Å². The average Bonchev–Trinajstić information content (AvgIpc) is 3.29. The molecule has 0 unspecified atom stereocenters. The van der Waals surface area contributed by atoms with E-state index in [4.69, 9.17) is 9.57 Å². The first-order valence-electron chi connectivity index (χ1n) is 8.31. The second kappa shape index (κ2) is 9.36. The molecular weight excluding hydrogens is 370 g/mol. The molecule has 0 N–H and O–H groups in total. The number of hydrogen-bond donors (Lipinski definition) is 0. The second-order valence-corrected chi connectivity index (χ2v) is 7.92. The molecule has 2 heterocycles. The Hall–Kier alpha value is -1.61. The van der Waals surface area contributed by atoms with Crippen LogP contribution in [-0.2, 0) is 14.4 Å². The van der Waals surface area contributed by atoms with E-state index < -0.39 is 0 Å². The lowest BCUT2D eigenvalue weighted by atomic mass is 10.0. The lowest BCUT2D eigenvalue weighted by Crippen LogP contribution is -2.36. The summed E-state index contributed by atoms with van der Waals surface area (Å²) in [6, 6.07) is 0. The first kappa shape index (κ1) is 20.7. The van der Waals surface area contributed by atoms with Gasteiger partial charge in [-0.3, -0.25) is 9.63 Å². The van der Waals surface area contributed by atoms with Gasteiger partial charge in [-0.2, -0.15) is 0 Å². The molecule has 2 rings (SSSR count). The van der Waals surface area contributed by atoms with Crippen LogP contribution < -0.4 is 0 Å². The van der Waals surface area contributed by atoms with Crippen molar-refractivity contribution in [2.75, 3.05) is 21.3 Å². The van der Waals surface area contributed by atoms with Crippen LogP contribution in [-0.4, -0.2) is 48.3 Å². The summed E-state index contributed by atoms with van der Waals surface area (Å²) in [6.45, 7) is 6.07. The molecule has 0 aromatic carbocycles. The molecule has 6 nitrogen and oxygen atoms in total. The molecule has 2 aromatic rings. The van der Waals surface area contributed by atoms with Gasteiger partial charge in [-0.1, -0.05) is 26.8 Å². The Morgan fingerprint density at radius 1 is 1.19 bits per heavy atom. The van der Waals surface area contributed by atoms with Crippen LogP contribution in [0.2, 0.25) is 0 Å². The van der Waals surface area contributed by atoms with Crippen LogP contribution in [0.25, 0.3) is 16.8 Å². The number of hydrogen-bond acceptors (Lipinski definition) is 7. The topological polar surface area (TPSA) is 64.6 Å². The summed E-state index contributed by atoms with van der Waals surface area (Å²) in [5, 5.41) is 7.23. The molecule has 0 aliphatic carbocycles. The summed E-state index contributed by atoms with van der Waals surface area (Å²) >= 11 is 3.22. The first-order valence-corrected chi connectivity index (χ1v) is 10.1. The predicted molar refractivity (Wildman–Crippen MR) is 106 cm³/mol. The highest BCUT2D eigenvalue weighted by atomic mass is 32.1. The number of thiazole rings is 2. The molecule has 0 bridgehead atoms. The van der Waals surface area contributed by atoms with Crippen LogP contribution >= 0.6 is 22.7 Å². The third-order valence-electron chi connectivity index (χ3n) is 3.95. The molecule has 2 atom stereocenters. The van der Waals surface area contributed by atoms with Crippen LogP contribution in [0.5, 0.6) is 0 Å². The second-order valence-electron chi connectivity index (χ2n) is 6.17. The van der Waals surface area contributed by atoms with Gasteiger partial charge in [-0.05, 0) is 6.08 Å². The minimum Gasteiger partial charge on any atom is -0.377 e. The van der Waals surface area contributed by atoms with Crippen LogP contribution in [0.4, 0.5) is 0 Å². The van der Waals surface area contributed by atoms with E-state index in [0.717, 1.165) is 21.4 Å². The van der Waals surface area contributed by atoms with Crippen LogP contribution in [0, 0.1) is 5.92 Å². The van der Waals surface area contributed by atoms with Crippen LogP contribution in [0.15, 0.2) is 16.8 Å². The van der Waals surface area contributed by atoms with E-state index in [1.54, 1.807) is 36.8 Å². The lowest BCUT2D eigenvalue weighted by Gasteiger charge is -2.23. The standard InChI is InChI=1S/C18H25N3O3S2/c1-11(2)16-20-14(10-26-16)17-19-13(9-25-17)7-8-15(23-5)12(3)18(22)21(4)24-6/h7-12,15H,1-6H3/b8-7+/t12-,15+/m1/s1. The zero-order valence-electron chi connectivity index (χ0n) is 15.9. The molecule has 8 heteroatoms. The number of ether oxygens (including phenoxy) is 1. The molecule has 0 aliphatic heterocycles. The number of carbonyl (C=O) groups excluding carboxylic acids is 1. The van der Waals surface area contributed by atoms with Crippen molar-refractivity contribution >= 4 is 34.7 Å². The highest BCUT2D eigenvalue weighted by molar-refractivity contribution is 7.14.